The van der Waals surface area contributed by atoms with Gasteiger partial charge in [0.15, 0.2) is 0 Å². The van der Waals surface area contributed by atoms with Crippen LogP contribution in [0.1, 0.15) is 5.56 Å². The topological polar surface area (TPSA) is 12.4 Å². The summed E-state index contributed by atoms with van der Waals surface area (Å²) in [7, 11) is -0.191. The number of hydrogen-bond donors (Lipinski definition) is 1. The maximum Gasteiger partial charge on any atom is 0.0953 e. The van der Waals surface area contributed by atoms with Crippen LogP contribution in [0.5, 0.6) is 0 Å². The molecule has 0 aromatic heterocycles. The lowest BCUT2D eigenvalue weighted by atomic mass is 10.2. The van der Waals surface area contributed by atoms with E-state index in [1.165, 1.54) is 10.6 Å². The second kappa shape index (κ2) is 3.15. The van der Waals surface area contributed by atoms with Gasteiger partial charge in [-0.15, -0.1) is 0 Å². The van der Waals surface area contributed by atoms with E-state index in [1.807, 2.05) is 18.2 Å². The van der Waals surface area contributed by atoms with Crippen molar-refractivity contribution in [3.05, 3.63) is 47.5 Å². The molecule has 2 heteroatoms. The van der Waals surface area contributed by atoms with Gasteiger partial charge in [-0.25, -0.2) is 4.99 Å². The molecule has 61 valence electrons. The predicted octanol–water partition coefficient (Wildman–Crippen LogP) is 2.35. The van der Waals surface area contributed by atoms with Crippen molar-refractivity contribution in [2.45, 2.75) is 0 Å². The molecule has 0 aliphatic carbocycles. The molecule has 12 heavy (non-hydrogen) atoms. The van der Waals surface area contributed by atoms with Crippen LogP contribution in [0.4, 0.5) is 0 Å². The SMILES string of the molecule is C[SH]1C=[C]N=C1c1ccccc1. The van der Waals surface area contributed by atoms with E-state index in [0.717, 1.165) is 0 Å². The smallest absolute Gasteiger partial charge is 0.0953 e. The summed E-state index contributed by atoms with van der Waals surface area (Å²) in [4.78, 5) is 4.23. The highest BCUT2D eigenvalue weighted by Gasteiger charge is 2.09. The molecule has 1 unspecified atom stereocenters. The van der Waals surface area contributed by atoms with Crippen molar-refractivity contribution in [3.8, 4) is 0 Å². The summed E-state index contributed by atoms with van der Waals surface area (Å²) in [5.41, 5.74) is 1.23. The number of aliphatic imine (C=N–C) groups is 1. The number of benzene rings is 1. The first kappa shape index (κ1) is 7.62. The molecule has 0 saturated heterocycles. The van der Waals surface area contributed by atoms with Crippen LogP contribution in [0.2, 0.25) is 0 Å². The van der Waals surface area contributed by atoms with Gasteiger partial charge in [-0.05, 0) is 11.7 Å². The summed E-state index contributed by atoms with van der Waals surface area (Å²) in [6.45, 7) is 0. The Balaban J connectivity index is 2.34. The molecule has 1 aliphatic rings. The van der Waals surface area contributed by atoms with Crippen LogP contribution in [-0.4, -0.2) is 11.3 Å². The molecule has 0 amide bonds. The summed E-state index contributed by atoms with van der Waals surface area (Å²) in [6, 6.07) is 10.3. The Morgan fingerprint density at radius 2 is 2.00 bits per heavy atom. The standard InChI is InChI=1S/C10H10NS/c1-12-8-7-11-10(12)9-5-3-2-4-6-9/h2-6,8,12H,1H3. The second-order valence-corrected chi connectivity index (χ2v) is 4.57. The number of thiol groups is 1. The Morgan fingerprint density at radius 1 is 1.25 bits per heavy atom. The second-order valence-electron chi connectivity index (χ2n) is 2.67. The molecule has 0 bridgehead atoms. The van der Waals surface area contributed by atoms with Gasteiger partial charge in [-0.2, -0.15) is 10.9 Å². The molecule has 1 nitrogen and oxygen atoms in total. The summed E-state index contributed by atoms with van der Waals surface area (Å²) in [6.07, 6.45) is 5.11. The monoisotopic (exact) mass is 176 g/mol. The van der Waals surface area contributed by atoms with Gasteiger partial charge in [-0.3, -0.25) is 0 Å². The number of nitrogens with zero attached hydrogens (tertiary/aromatic N) is 1. The largest absolute Gasteiger partial charge is 0.240 e. The zero-order valence-corrected chi connectivity index (χ0v) is 7.75. The van der Waals surface area contributed by atoms with Crippen molar-refractivity contribution in [1.82, 2.24) is 0 Å². The normalized spacial score (nSPS) is 24.1. The Hall–Kier alpha value is -1.02. The summed E-state index contributed by atoms with van der Waals surface area (Å²) in [5, 5.41) is 3.24. The molecule has 1 radical (unpaired) electrons. The van der Waals surface area contributed by atoms with Crippen LogP contribution in [-0.2, 0) is 0 Å². The van der Waals surface area contributed by atoms with Crippen molar-refractivity contribution in [2.75, 3.05) is 6.26 Å². The van der Waals surface area contributed by atoms with E-state index in [1.54, 1.807) is 0 Å². The van der Waals surface area contributed by atoms with Crippen molar-refractivity contribution in [3.63, 3.8) is 0 Å². The Labute approximate surface area is 75.2 Å². The minimum atomic E-state index is -0.191. The average molecular weight is 176 g/mol. The summed E-state index contributed by atoms with van der Waals surface area (Å²) >= 11 is 0. The fourth-order valence-corrected chi connectivity index (χ4v) is 2.30. The molecule has 1 aromatic carbocycles. The molecule has 0 saturated carbocycles. The first-order valence-corrected chi connectivity index (χ1v) is 5.68. The molecule has 1 atom stereocenters. The van der Waals surface area contributed by atoms with Crippen molar-refractivity contribution in [1.29, 1.82) is 0 Å². The fourth-order valence-electron chi connectivity index (χ4n) is 1.17. The third-order valence-corrected chi connectivity index (χ3v) is 3.32. The van der Waals surface area contributed by atoms with E-state index >= 15 is 0 Å². The highest BCUT2D eigenvalue weighted by atomic mass is 32.2. The summed E-state index contributed by atoms with van der Waals surface area (Å²) in [5.74, 6) is 0. The van der Waals surface area contributed by atoms with Gasteiger partial charge < -0.3 is 0 Å². The Kier molecular flexibility index (Phi) is 2.00. The van der Waals surface area contributed by atoms with Gasteiger partial charge in [0.1, 0.15) is 0 Å². The van der Waals surface area contributed by atoms with Crippen LogP contribution in [0, 0.1) is 6.20 Å². The summed E-state index contributed by atoms with van der Waals surface area (Å²) < 4.78 is 0. The fraction of sp³-hybridized carbons (Fsp3) is 0.100. The number of hydrogen-bond acceptors (Lipinski definition) is 1. The quantitative estimate of drug-likeness (QED) is 0.631. The van der Waals surface area contributed by atoms with Crippen LogP contribution < -0.4 is 0 Å². The third-order valence-electron chi connectivity index (χ3n) is 1.79. The van der Waals surface area contributed by atoms with E-state index in [0.29, 0.717) is 0 Å². The van der Waals surface area contributed by atoms with Gasteiger partial charge in [0.25, 0.3) is 0 Å². The lowest BCUT2D eigenvalue weighted by Gasteiger charge is -2.08. The molecule has 2 rings (SSSR count). The highest BCUT2D eigenvalue weighted by molar-refractivity contribution is 8.32. The van der Waals surface area contributed by atoms with Crippen molar-refractivity contribution < 1.29 is 0 Å². The van der Waals surface area contributed by atoms with E-state index in [9.17, 15) is 0 Å². The molecular weight excluding hydrogens is 166 g/mol. The van der Waals surface area contributed by atoms with Crippen LogP contribution in [0.15, 0.2) is 40.7 Å². The Bertz CT molecular complexity index is 327. The molecule has 0 spiro atoms. The minimum absolute atomic E-state index is 0.191. The molecular formula is C10H10NS. The molecule has 0 fully saturated rings. The molecule has 1 aliphatic heterocycles. The van der Waals surface area contributed by atoms with E-state index in [-0.39, 0.29) is 10.9 Å². The molecule has 1 heterocycles. The minimum Gasteiger partial charge on any atom is -0.240 e. The maximum atomic E-state index is 4.23. The van der Waals surface area contributed by atoms with Crippen molar-refractivity contribution >= 4 is 15.9 Å². The van der Waals surface area contributed by atoms with E-state index in [4.69, 9.17) is 0 Å². The van der Waals surface area contributed by atoms with E-state index < -0.39 is 0 Å². The van der Waals surface area contributed by atoms with Crippen LogP contribution >= 0.6 is 10.9 Å². The average Bonchev–Trinajstić information content (AvgIpc) is 2.53. The van der Waals surface area contributed by atoms with Crippen molar-refractivity contribution in [2.24, 2.45) is 4.99 Å². The number of rotatable bonds is 1. The van der Waals surface area contributed by atoms with Crippen LogP contribution in [0.25, 0.3) is 0 Å². The zero-order valence-electron chi connectivity index (χ0n) is 6.86. The van der Waals surface area contributed by atoms with Gasteiger partial charge in [-0.1, -0.05) is 30.3 Å². The van der Waals surface area contributed by atoms with E-state index in [2.05, 4.69) is 35.0 Å². The lowest BCUT2D eigenvalue weighted by molar-refractivity contribution is 1.53. The molecule has 1 aromatic rings. The first-order valence-electron chi connectivity index (χ1n) is 3.83. The third kappa shape index (κ3) is 1.30. The molecule has 0 N–H and O–H groups in total. The highest BCUT2D eigenvalue weighted by Crippen LogP contribution is 2.32. The van der Waals surface area contributed by atoms with Crippen LogP contribution in [0.3, 0.4) is 0 Å². The van der Waals surface area contributed by atoms with Gasteiger partial charge >= 0.3 is 0 Å². The predicted molar refractivity (Wildman–Crippen MR) is 55.7 cm³/mol. The van der Waals surface area contributed by atoms with Gasteiger partial charge in [0.05, 0.1) is 11.2 Å². The zero-order chi connectivity index (χ0) is 8.39. The van der Waals surface area contributed by atoms with Gasteiger partial charge in [0.2, 0.25) is 0 Å². The maximum absolute atomic E-state index is 4.23. The van der Waals surface area contributed by atoms with Gasteiger partial charge in [0, 0.05) is 5.56 Å². The first-order chi connectivity index (χ1) is 5.88. The lowest BCUT2D eigenvalue weighted by Crippen LogP contribution is -1.95. The Morgan fingerprint density at radius 3 is 2.58 bits per heavy atom.